The van der Waals surface area contributed by atoms with E-state index in [9.17, 15) is 0 Å². The van der Waals surface area contributed by atoms with Crippen LogP contribution in [0.4, 0.5) is 0 Å². The van der Waals surface area contributed by atoms with Crippen LogP contribution in [0.3, 0.4) is 0 Å². The van der Waals surface area contributed by atoms with E-state index in [2.05, 4.69) is 48.5 Å². The zero-order valence-electron chi connectivity index (χ0n) is 16.4. The fourth-order valence-electron chi connectivity index (χ4n) is 3.21. The first-order valence-electron chi connectivity index (χ1n) is 9.35. The zero-order valence-corrected chi connectivity index (χ0v) is 19.4. The Morgan fingerprint density at radius 2 is 0.909 bits per heavy atom. The molecule has 0 bridgehead atoms. The smallest absolute Gasteiger partial charge is 0.416 e. The molecule has 0 aromatic carbocycles. The van der Waals surface area contributed by atoms with Gasteiger partial charge in [0.25, 0.3) is 0 Å². The Kier molecular flexibility index (Phi) is 10.7. The lowest BCUT2D eigenvalue weighted by Gasteiger charge is -2.43. The van der Waals surface area contributed by atoms with Crippen LogP contribution in [0.15, 0.2) is 0 Å². The molecule has 0 heterocycles. The molecule has 0 unspecified atom stereocenters. The molecule has 0 aliphatic rings. The van der Waals surface area contributed by atoms with E-state index in [1.165, 1.54) is 0 Å². The topological polar surface area (TPSA) is 27.7 Å². The second-order valence-electron chi connectivity index (χ2n) is 6.33. The van der Waals surface area contributed by atoms with Crippen LogP contribution in [-0.4, -0.2) is 32.5 Å². The molecule has 0 rings (SSSR count). The van der Waals surface area contributed by atoms with Crippen molar-refractivity contribution in [2.45, 2.75) is 97.2 Å². The van der Waals surface area contributed by atoms with E-state index in [0.717, 1.165) is 48.7 Å². The molecule has 0 aromatic rings. The molecule has 0 N–H and O–H groups in total. The Bertz CT molecular complexity index is 254. The summed E-state index contributed by atoms with van der Waals surface area (Å²) in [7, 11) is -4.15. The summed E-state index contributed by atoms with van der Waals surface area (Å²) in [4.78, 5) is 0. The lowest BCUT2D eigenvalue weighted by atomic mass is 10.6. The van der Waals surface area contributed by atoms with E-state index in [4.69, 9.17) is 12.7 Å². The maximum atomic E-state index is 6.89. The average molecular weight is 365 g/mol. The van der Waals surface area contributed by atoms with Gasteiger partial charge in [-0.15, -0.1) is 0 Å². The summed E-state index contributed by atoms with van der Waals surface area (Å²) in [5, 5.41) is 0. The molecule has 0 atom stereocenters. The quantitative estimate of drug-likeness (QED) is 0.374. The van der Waals surface area contributed by atoms with Gasteiger partial charge >= 0.3 is 8.80 Å². The molecular formula is C16H40O3Si3. The molecule has 3 nitrogen and oxygen atoms in total. The number of hydrogen-bond acceptors (Lipinski definition) is 3. The molecule has 0 aliphatic heterocycles. The minimum absolute atomic E-state index is 0.965. The highest BCUT2D eigenvalue weighted by molar-refractivity contribution is 6.87. The molecule has 22 heavy (non-hydrogen) atoms. The van der Waals surface area contributed by atoms with Crippen LogP contribution < -0.4 is 0 Å². The fraction of sp³-hybridized carbons (Fsp3) is 1.00. The summed E-state index contributed by atoms with van der Waals surface area (Å²) in [5.74, 6) is 0. The van der Waals surface area contributed by atoms with Gasteiger partial charge < -0.3 is 12.7 Å². The predicted octanol–water partition coefficient (Wildman–Crippen LogP) is 6.03. The monoisotopic (exact) mass is 364 g/mol. The first kappa shape index (κ1) is 22.5. The maximum Gasteiger partial charge on any atom is 0.479 e. The van der Waals surface area contributed by atoms with Crippen molar-refractivity contribution in [3.8, 4) is 0 Å². The van der Waals surface area contributed by atoms with E-state index >= 15 is 0 Å². The Labute approximate surface area is 142 Å². The normalized spacial score (nSPS) is 13.6. The van der Waals surface area contributed by atoms with Crippen LogP contribution in [0.5, 0.6) is 0 Å². The molecule has 6 heteroatoms. The van der Waals surface area contributed by atoms with Crippen molar-refractivity contribution >= 4 is 25.4 Å². The Morgan fingerprint density at radius 1 is 0.591 bits per heavy atom. The molecule has 0 radical (unpaired) electrons. The average Bonchev–Trinajstić information content (AvgIpc) is 2.58. The molecule has 0 aliphatic carbocycles. The van der Waals surface area contributed by atoms with Gasteiger partial charge in [-0.25, -0.2) is 0 Å². The molecule has 134 valence electrons. The number of hydrogen-bond donors (Lipinski definition) is 0. The van der Waals surface area contributed by atoms with E-state index in [1.54, 1.807) is 0 Å². The van der Waals surface area contributed by atoms with E-state index < -0.39 is 25.4 Å². The summed E-state index contributed by atoms with van der Waals surface area (Å²) in [5.41, 5.74) is 0. The van der Waals surface area contributed by atoms with Gasteiger partial charge in [-0.2, -0.15) is 0 Å². The first-order valence-corrected chi connectivity index (χ1v) is 16.3. The third-order valence-corrected chi connectivity index (χ3v) is 20.9. The second-order valence-corrected chi connectivity index (χ2v) is 19.2. The third kappa shape index (κ3) is 5.56. The van der Waals surface area contributed by atoms with E-state index in [1.807, 2.05) is 7.11 Å². The SMILES string of the molecule is CCC[Si](OC)(O[Si](CC)(CC)CC)O[Si](CC)(CC)CC. The molecule has 0 saturated carbocycles. The summed E-state index contributed by atoms with van der Waals surface area (Å²) in [6.07, 6.45) is 1.07. The van der Waals surface area contributed by atoms with E-state index in [0.29, 0.717) is 0 Å². The number of rotatable bonds is 13. The van der Waals surface area contributed by atoms with Crippen LogP contribution in [0.2, 0.25) is 42.3 Å². The van der Waals surface area contributed by atoms with Gasteiger partial charge in [0.1, 0.15) is 0 Å². The van der Waals surface area contributed by atoms with Crippen molar-refractivity contribution in [2.75, 3.05) is 7.11 Å². The fourth-order valence-corrected chi connectivity index (χ4v) is 17.8. The molecule has 0 spiro atoms. The van der Waals surface area contributed by atoms with Crippen LogP contribution in [-0.2, 0) is 12.7 Å². The predicted molar refractivity (Wildman–Crippen MR) is 104 cm³/mol. The van der Waals surface area contributed by atoms with Gasteiger partial charge in [0.05, 0.1) is 0 Å². The van der Waals surface area contributed by atoms with Gasteiger partial charge in [0, 0.05) is 13.2 Å². The van der Waals surface area contributed by atoms with Crippen LogP contribution in [0.25, 0.3) is 0 Å². The van der Waals surface area contributed by atoms with Gasteiger partial charge in [-0.05, 0) is 36.3 Å². The second kappa shape index (κ2) is 10.4. The lowest BCUT2D eigenvalue weighted by Crippen LogP contribution is -2.59. The van der Waals surface area contributed by atoms with Gasteiger partial charge in [-0.3, -0.25) is 0 Å². The Morgan fingerprint density at radius 3 is 1.09 bits per heavy atom. The van der Waals surface area contributed by atoms with E-state index in [-0.39, 0.29) is 0 Å². The molecule has 0 aromatic heterocycles. The van der Waals surface area contributed by atoms with Crippen molar-refractivity contribution in [1.82, 2.24) is 0 Å². The van der Waals surface area contributed by atoms with Gasteiger partial charge in [0.15, 0.2) is 16.6 Å². The Hall–Kier alpha value is 0.531. The molecule has 0 fully saturated rings. The van der Waals surface area contributed by atoms with Gasteiger partial charge in [0.2, 0.25) is 0 Å². The minimum atomic E-state index is -2.54. The van der Waals surface area contributed by atoms with Crippen molar-refractivity contribution in [3.63, 3.8) is 0 Å². The van der Waals surface area contributed by atoms with Crippen LogP contribution in [0.1, 0.15) is 54.9 Å². The molecule has 0 amide bonds. The highest BCUT2D eigenvalue weighted by Crippen LogP contribution is 2.34. The van der Waals surface area contributed by atoms with Crippen LogP contribution in [0, 0.1) is 0 Å². The highest BCUT2D eigenvalue weighted by atomic mass is 28.5. The summed E-state index contributed by atoms with van der Waals surface area (Å²) < 4.78 is 19.8. The first-order chi connectivity index (χ1) is 10.4. The summed E-state index contributed by atoms with van der Waals surface area (Å²) in [6, 6.07) is 7.91. The summed E-state index contributed by atoms with van der Waals surface area (Å²) in [6.45, 7) is 15.9. The Balaban J connectivity index is 5.56. The molecular weight excluding hydrogens is 324 g/mol. The summed E-state index contributed by atoms with van der Waals surface area (Å²) >= 11 is 0. The zero-order chi connectivity index (χ0) is 17.3. The van der Waals surface area contributed by atoms with Crippen LogP contribution >= 0.6 is 0 Å². The van der Waals surface area contributed by atoms with Crippen molar-refractivity contribution < 1.29 is 12.7 Å². The van der Waals surface area contributed by atoms with Gasteiger partial charge in [-0.1, -0.05) is 54.9 Å². The minimum Gasteiger partial charge on any atom is -0.416 e. The molecule has 0 saturated heterocycles. The van der Waals surface area contributed by atoms with Crippen molar-refractivity contribution in [1.29, 1.82) is 0 Å². The highest BCUT2D eigenvalue weighted by Gasteiger charge is 2.50. The third-order valence-electron chi connectivity index (χ3n) is 5.48. The lowest BCUT2D eigenvalue weighted by molar-refractivity contribution is 0.192. The van der Waals surface area contributed by atoms with Crippen molar-refractivity contribution in [2.24, 2.45) is 0 Å². The maximum absolute atomic E-state index is 6.89. The van der Waals surface area contributed by atoms with Crippen molar-refractivity contribution in [3.05, 3.63) is 0 Å². The largest absolute Gasteiger partial charge is 0.479 e. The standard InChI is InChI=1S/C16H40O3Si3/c1-9-16-22(17-8,18-20(10-2,11-3)12-4)19-21(13-5,14-6)15-7/h9-16H2,1-8H3.